The fourth-order valence-electron chi connectivity index (χ4n) is 1.23. The average molecular weight is 159 g/mol. The highest BCUT2D eigenvalue weighted by Crippen LogP contribution is 2.28. The summed E-state index contributed by atoms with van der Waals surface area (Å²) >= 11 is 0. The van der Waals surface area contributed by atoms with E-state index in [4.69, 9.17) is 10.5 Å². The summed E-state index contributed by atoms with van der Waals surface area (Å²) in [4.78, 5) is 11.2. The first-order valence-electron chi connectivity index (χ1n) is 3.61. The van der Waals surface area contributed by atoms with Crippen LogP contribution in [0.1, 0.15) is 6.42 Å². The summed E-state index contributed by atoms with van der Waals surface area (Å²) in [6, 6.07) is 0. The molecule has 0 aromatic carbocycles. The summed E-state index contributed by atoms with van der Waals surface area (Å²) in [5.41, 5.74) is 4.90. The second-order valence-corrected chi connectivity index (χ2v) is 2.78. The van der Waals surface area contributed by atoms with Gasteiger partial charge >= 0.3 is 5.97 Å². The van der Waals surface area contributed by atoms with E-state index in [1.165, 1.54) is 7.11 Å². The van der Waals surface area contributed by atoms with Crippen molar-refractivity contribution in [1.82, 2.24) is 0 Å². The fourth-order valence-corrected chi connectivity index (χ4v) is 1.23. The maximum absolute atomic E-state index is 11.2. The Kier molecular flexibility index (Phi) is 2.46. The zero-order chi connectivity index (χ0) is 8.32. The van der Waals surface area contributed by atoms with Crippen molar-refractivity contribution >= 4 is 5.97 Å². The number of esters is 1. The van der Waals surface area contributed by atoms with Crippen LogP contribution in [0.25, 0.3) is 0 Å². The van der Waals surface area contributed by atoms with Gasteiger partial charge in [-0.2, -0.15) is 0 Å². The molecule has 1 unspecified atom stereocenters. The number of rotatable bonds is 2. The highest BCUT2D eigenvalue weighted by atomic mass is 16.5. The SMILES string of the molecule is COC(=O)C1(CN)CCOC1. The lowest BCUT2D eigenvalue weighted by Crippen LogP contribution is -2.39. The maximum atomic E-state index is 11.2. The van der Waals surface area contributed by atoms with Crippen molar-refractivity contribution in [2.24, 2.45) is 11.1 Å². The van der Waals surface area contributed by atoms with E-state index in [-0.39, 0.29) is 5.97 Å². The Morgan fingerprint density at radius 2 is 2.55 bits per heavy atom. The molecule has 0 amide bonds. The number of nitrogens with two attached hydrogens (primary N) is 1. The number of hydrogen-bond donors (Lipinski definition) is 1. The van der Waals surface area contributed by atoms with Gasteiger partial charge in [0.05, 0.1) is 13.7 Å². The van der Waals surface area contributed by atoms with Gasteiger partial charge in [-0.15, -0.1) is 0 Å². The molecule has 4 nitrogen and oxygen atoms in total. The van der Waals surface area contributed by atoms with Gasteiger partial charge in [-0.05, 0) is 6.42 Å². The minimum absolute atomic E-state index is 0.252. The minimum atomic E-state index is -0.561. The zero-order valence-electron chi connectivity index (χ0n) is 6.63. The Balaban J connectivity index is 2.66. The van der Waals surface area contributed by atoms with Gasteiger partial charge in [0.25, 0.3) is 0 Å². The van der Waals surface area contributed by atoms with Gasteiger partial charge in [-0.25, -0.2) is 0 Å². The molecule has 0 aliphatic carbocycles. The second kappa shape index (κ2) is 3.19. The molecule has 1 aliphatic rings. The standard InChI is InChI=1S/C7H13NO3/c1-10-6(9)7(4-8)2-3-11-5-7/h2-5,8H2,1H3. The largest absolute Gasteiger partial charge is 0.468 e. The van der Waals surface area contributed by atoms with Crippen LogP contribution in [0.3, 0.4) is 0 Å². The Bertz CT molecular complexity index is 152. The summed E-state index contributed by atoms with van der Waals surface area (Å²) < 4.78 is 9.72. The van der Waals surface area contributed by atoms with Gasteiger partial charge < -0.3 is 15.2 Å². The molecule has 1 heterocycles. The van der Waals surface area contributed by atoms with E-state index in [2.05, 4.69) is 4.74 Å². The number of carbonyl (C=O) groups is 1. The van der Waals surface area contributed by atoms with Crippen molar-refractivity contribution in [3.8, 4) is 0 Å². The van der Waals surface area contributed by atoms with E-state index in [0.717, 1.165) is 0 Å². The zero-order valence-corrected chi connectivity index (χ0v) is 6.63. The first-order chi connectivity index (χ1) is 5.25. The molecule has 2 N–H and O–H groups in total. The smallest absolute Gasteiger partial charge is 0.315 e. The predicted octanol–water partition coefficient (Wildman–Crippen LogP) is -0.475. The summed E-state index contributed by atoms with van der Waals surface area (Å²) in [6.45, 7) is 1.31. The van der Waals surface area contributed by atoms with Crippen molar-refractivity contribution < 1.29 is 14.3 Å². The molecule has 1 fully saturated rings. The van der Waals surface area contributed by atoms with Crippen molar-refractivity contribution in [3.05, 3.63) is 0 Å². The molecule has 1 atom stereocenters. The normalized spacial score (nSPS) is 30.4. The summed E-state index contributed by atoms with van der Waals surface area (Å²) in [7, 11) is 1.37. The van der Waals surface area contributed by atoms with Crippen molar-refractivity contribution in [2.45, 2.75) is 6.42 Å². The first-order valence-corrected chi connectivity index (χ1v) is 3.61. The summed E-state index contributed by atoms with van der Waals surface area (Å²) in [6.07, 6.45) is 0.677. The third kappa shape index (κ3) is 1.36. The van der Waals surface area contributed by atoms with E-state index in [0.29, 0.717) is 26.2 Å². The van der Waals surface area contributed by atoms with Crippen LogP contribution in [0.2, 0.25) is 0 Å². The molecule has 1 saturated heterocycles. The lowest BCUT2D eigenvalue weighted by molar-refractivity contribution is -0.152. The van der Waals surface area contributed by atoms with Gasteiger partial charge in [0.15, 0.2) is 0 Å². The maximum Gasteiger partial charge on any atom is 0.315 e. The molecule has 0 bridgehead atoms. The second-order valence-electron chi connectivity index (χ2n) is 2.78. The fraction of sp³-hybridized carbons (Fsp3) is 0.857. The third-order valence-electron chi connectivity index (χ3n) is 2.11. The number of methoxy groups -OCH3 is 1. The van der Waals surface area contributed by atoms with Gasteiger partial charge in [-0.3, -0.25) is 4.79 Å². The van der Waals surface area contributed by atoms with Crippen LogP contribution in [0.4, 0.5) is 0 Å². The van der Waals surface area contributed by atoms with Crippen LogP contribution >= 0.6 is 0 Å². The van der Waals surface area contributed by atoms with E-state index >= 15 is 0 Å². The van der Waals surface area contributed by atoms with Crippen LogP contribution in [0, 0.1) is 5.41 Å². The monoisotopic (exact) mass is 159 g/mol. The van der Waals surface area contributed by atoms with Gasteiger partial charge in [0, 0.05) is 13.2 Å². The third-order valence-corrected chi connectivity index (χ3v) is 2.11. The van der Waals surface area contributed by atoms with E-state index in [1.54, 1.807) is 0 Å². The molecule has 11 heavy (non-hydrogen) atoms. The Labute approximate surface area is 65.7 Å². The molecule has 1 rings (SSSR count). The van der Waals surface area contributed by atoms with Crippen LogP contribution in [0.15, 0.2) is 0 Å². The Morgan fingerprint density at radius 1 is 1.82 bits per heavy atom. The van der Waals surface area contributed by atoms with Crippen LogP contribution in [0.5, 0.6) is 0 Å². The van der Waals surface area contributed by atoms with Gasteiger partial charge in [-0.1, -0.05) is 0 Å². The average Bonchev–Trinajstić information content (AvgIpc) is 2.52. The molecule has 64 valence electrons. The van der Waals surface area contributed by atoms with E-state index in [9.17, 15) is 4.79 Å². The quantitative estimate of drug-likeness (QED) is 0.553. The molecule has 0 spiro atoms. The summed E-state index contributed by atoms with van der Waals surface area (Å²) in [5.74, 6) is -0.252. The lowest BCUT2D eigenvalue weighted by Gasteiger charge is -2.21. The van der Waals surface area contributed by atoms with Crippen LogP contribution < -0.4 is 5.73 Å². The molecule has 0 radical (unpaired) electrons. The molecule has 0 aromatic heterocycles. The molecule has 1 aliphatic heterocycles. The highest BCUT2D eigenvalue weighted by molar-refractivity contribution is 5.77. The molecule has 0 aromatic rings. The lowest BCUT2D eigenvalue weighted by atomic mass is 9.88. The minimum Gasteiger partial charge on any atom is -0.468 e. The Hall–Kier alpha value is -0.610. The molecule has 4 heteroatoms. The van der Waals surface area contributed by atoms with E-state index in [1.807, 2.05) is 0 Å². The van der Waals surface area contributed by atoms with Gasteiger partial charge in [0.1, 0.15) is 5.41 Å². The molecular formula is C7H13NO3. The topological polar surface area (TPSA) is 61.5 Å². The summed E-state index contributed by atoms with van der Waals surface area (Å²) in [5, 5.41) is 0. The number of hydrogen-bond acceptors (Lipinski definition) is 4. The molecular weight excluding hydrogens is 146 g/mol. The van der Waals surface area contributed by atoms with E-state index < -0.39 is 5.41 Å². The predicted molar refractivity (Wildman–Crippen MR) is 38.9 cm³/mol. The van der Waals surface area contributed by atoms with Crippen molar-refractivity contribution in [1.29, 1.82) is 0 Å². The Morgan fingerprint density at radius 3 is 2.91 bits per heavy atom. The molecule has 0 saturated carbocycles. The number of carbonyl (C=O) groups excluding carboxylic acids is 1. The highest BCUT2D eigenvalue weighted by Gasteiger charge is 2.42. The van der Waals surface area contributed by atoms with Crippen LogP contribution in [-0.4, -0.2) is 32.8 Å². The van der Waals surface area contributed by atoms with Crippen molar-refractivity contribution in [2.75, 3.05) is 26.9 Å². The van der Waals surface area contributed by atoms with Gasteiger partial charge in [0.2, 0.25) is 0 Å². The number of ether oxygens (including phenoxy) is 2. The first kappa shape index (κ1) is 8.49. The van der Waals surface area contributed by atoms with Crippen molar-refractivity contribution in [3.63, 3.8) is 0 Å². The van der Waals surface area contributed by atoms with Crippen LogP contribution in [-0.2, 0) is 14.3 Å².